The minimum absolute atomic E-state index is 1.34. The van der Waals surface area contributed by atoms with Crippen LogP contribution in [0.5, 0.6) is 0 Å². The summed E-state index contributed by atoms with van der Waals surface area (Å²) in [6.07, 6.45) is 12.2. The van der Waals surface area contributed by atoms with Crippen LogP contribution < -0.4 is 0 Å². The standard InChI is InChI=1S/3C5H12.3H3O3PS/c3*1-3-5-4-2;3*1-4(2,3)5/h3*3-5H2,1-2H3;3*(H3,1,2,3,5). The highest BCUT2D eigenvalue weighted by atomic mass is 32.5. The lowest BCUT2D eigenvalue weighted by molar-refractivity contribution is 0.361. The fourth-order valence-electron chi connectivity index (χ4n) is 1.06. The van der Waals surface area contributed by atoms with E-state index in [1.54, 1.807) is 0 Å². The van der Waals surface area contributed by atoms with Crippen LogP contribution in [0.3, 0.4) is 0 Å². The Hall–Kier alpha value is 1.59. The van der Waals surface area contributed by atoms with Gasteiger partial charge in [0.15, 0.2) is 0 Å². The van der Waals surface area contributed by atoms with E-state index in [4.69, 9.17) is 44.0 Å². The zero-order valence-electron chi connectivity index (χ0n) is 19.0. The number of unbranched alkanes of at least 4 members (excludes halogenated alkanes) is 6. The van der Waals surface area contributed by atoms with Gasteiger partial charge in [-0.1, -0.05) is 99.3 Å². The Balaban J connectivity index is -0.0000000576. The van der Waals surface area contributed by atoms with Crippen LogP contribution >= 0.6 is 20.2 Å². The SMILES string of the molecule is CCCCC.CCCCC.CCCCC.OP(O)(O)=S.OP(O)(O)=S.OP(O)(O)=S. The van der Waals surface area contributed by atoms with E-state index in [2.05, 4.69) is 77.0 Å². The molecule has 0 aromatic heterocycles. The van der Waals surface area contributed by atoms with Crippen molar-refractivity contribution in [3.05, 3.63) is 0 Å². The summed E-state index contributed by atoms with van der Waals surface area (Å²) >= 11 is 10.8. The summed E-state index contributed by atoms with van der Waals surface area (Å²) in [6.45, 7) is 1.85. The Kier molecular flexibility index (Phi) is 49.3. The first kappa shape index (κ1) is 45.1. The number of hydrogen-bond acceptors (Lipinski definition) is 3. The van der Waals surface area contributed by atoms with Crippen LogP contribution in [0, 0.1) is 0 Å². The van der Waals surface area contributed by atoms with Crippen molar-refractivity contribution in [2.45, 2.75) is 99.3 Å². The maximum absolute atomic E-state index is 7.56. The van der Waals surface area contributed by atoms with E-state index in [1.165, 1.54) is 57.8 Å². The quantitative estimate of drug-likeness (QED) is 0.213. The van der Waals surface area contributed by atoms with E-state index in [9.17, 15) is 0 Å². The summed E-state index contributed by atoms with van der Waals surface area (Å²) in [6, 6.07) is 0. The van der Waals surface area contributed by atoms with Crippen LogP contribution in [0.2, 0.25) is 0 Å². The molecule has 0 saturated heterocycles. The minimum atomic E-state index is -3.81. The van der Waals surface area contributed by atoms with Crippen molar-refractivity contribution in [1.82, 2.24) is 0 Å². The molecule has 0 heterocycles. The average Bonchev–Trinajstić information content (AvgIpc) is 2.46. The summed E-state index contributed by atoms with van der Waals surface area (Å²) in [4.78, 5) is 68.0. The van der Waals surface area contributed by atoms with Gasteiger partial charge in [-0.2, -0.15) is 0 Å². The first-order chi connectivity index (χ1) is 13.2. The summed E-state index contributed by atoms with van der Waals surface area (Å²) < 4.78 is 0. The van der Waals surface area contributed by atoms with Gasteiger partial charge in [0.1, 0.15) is 0 Å². The largest absolute Gasteiger partial charge is 0.325 e. The molecular weight excluding hydrogens is 513 g/mol. The van der Waals surface area contributed by atoms with Crippen molar-refractivity contribution in [1.29, 1.82) is 0 Å². The Morgan fingerprint density at radius 1 is 0.367 bits per heavy atom. The molecular formula is C15H45O9P3S3. The van der Waals surface area contributed by atoms with Gasteiger partial charge in [0.05, 0.1) is 0 Å². The summed E-state index contributed by atoms with van der Waals surface area (Å²) in [5, 5.41) is 0. The lowest BCUT2D eigenvalue weighted by atomic mass is 10.3. The van der Waals surface area contributed by atoms with Crippen LogP contribution in [0.25, 0.3) is 0 Å². The van der Waals surface area contributed by atoms with Gasteiger partial charge in [-0.25, -0.2) is 0 Å². The Morgan fingerprint density at radius 2 is 0.433 bits per heavy atom. The van der Waals surface area contributed by atoms with Gasteiger partial charge in [-0.05, 0) is 35.4 Å². The molecule has 192 valence electrons. The van der Waals surface area contributed by atoms with Crippen molar-refractivity contribution >= 4 is 55.6 Å². The molecule has 30 heavy (non-hydrogen) atoms. The van der Waals surface area contributed by atoms with Crippen molar-refractivity contribution in [2.24, 2.45) is 0 Å². The fraction of sp³-hybridized carbons (Fsp3) is 1.00. The van der Waals surface area contributed by atoms with Crippen LogP contribution in [-0.4, -0.2) is 44.0 Å². The molecule has 0 atom stereocenters. The van der Waals surface area contributed by atoms with Crippen molar-refractivity contribution in [3.8, 4) is 0 Å². The van der Waals surface area contributed by atoms with Crippen LogP contribution in [0.1, 0.15) is 99.3 Å². The topological polar surface area (TPSA) is 182 Å². The third-order valence-electron chi connectivity index (χ3n) is 2.12. The van der Waals surface area contributed by atoms with Crippen molar-refractivity contribution in [3.63, 3.8) is 0 Å². The zero-order chi connectivity index (χ0) is 25.9. The Bertz CT molecular complexity index is 334. The molecule has 0 radical (unpaired) electrons. The first-order valence-corrected chi connectivity index (χ1v) is 17.6. The molecule has 0 aromatic carbocycles. The molecule has 0 aliphatic heterocycles. The second-order valence-corrected chi connectivity index (χ2v) is 13.1. The Morgan fingerprint density at radius 3 is 0.433 bits per heavy atom. The van der Waals surface area contributed by atoms with Crippen molar-refractivity contribution < 1.29 is 44.0 Å². The highest BCUT2D eigenvalue weighted by Crippen LogP contribution is 2.27. The lowest BCUT2D eigenvalue weighted by Crippen LogP contribution is -1.65. The predicted octanol–water partition coefficient (Wildman–Crippen LogP) is 4.15. The van der Waals surface area contributed by atoms with E-state index >= 15 is 0 Å². The second kappa shape index (κ2) is 32.8. The highest BCUT2D eigenvalue weighted by Gasteiger charge is 1.93. The van der Waals surface area contributed by atoms with E-state index in [0.29, 0.717) is 0 Å². The zero-order valence-corrected chi connectivity index (χ0v) is 24.1. The smallest absolute Gasteiger partial charge is 0.319 e. The molecule has 0 spiro atoms. The molecule has 0 bridgehead atoms. The number of rotatable bonds is 6. The fourth-order valence-corrected chi connectivity index (χ4v) is 1.06. The van der Waals surface area contributed by atoms with E-state index in [1.807, 2.05) is 0 Å². The maximum atomic E-state index is 7.56. The van der Waals surface area contributed by atoms with Gasteiger partial charge in [-0.15, -0.1) is 0 Å². The molecule has 0 fully saturated rings. The minimum Gasteiger partial charge on any atom is -0.325 e. The number of hydrogen-bond donors (Lipinski definition) is 9. The van der Waals surface area contributed by atoms with Crippen LogP contribution in [-0.2, 0) is 35.4 Å². The normalized spacial score (nSPS) is 10.1. The molecule has 0 amide bonds. The van der Waals surface area contributed by atoms with Gasteiger partial charge in [0.25, 0.3) is 0 Å². The maximum Gasteiger partial charge on any atom is 0.319 e. The highest BCUT2D eigenvalue weighted by molar-refractivity contribution is 8.06. The molecule has 0 unspecified atom stereocenters. The van der Waals surface area contributed by atoms with Crippen molar-refractivity contribution in [2.75, 3.05) is 0 Å². The van der Waals surface area contributed by atoms with Gasteiger partial charge in [0, 0.05) is 0 Å². The van der Waals surface area contributed by atoms with Crippen LogP contribution in [0.4, 0.5) is 0 Å². The Labute approximate surface area is 198 Å². The van der Waals surface area contributed by atoms with E-state index in [0.717, 1.165) is 0 Å². The summed E-state index contributed by atoms with van der Waals surface area (Å²) in [5.41, 5.74) is 0. The van der Waals surface area contributed by atoms with Gasteiger partial charge in [0.2, 0.25) is 0 Å². The third-order valence-corrected chi connectivity index (χ3v) is 2.12. The van der Waals surface area contributed by atoms with E-state index < -0.39 is 20.2 Å². The summed E-state index contributed by atoms with van der Waals surface area (Å²) in [7, 11) is 0. The molecule has 0 aromatic rings. The van der Waals surface area contributed by atoms with Gasteiger partial charge >= 0.3 is 20.2 Å². The molecule has 0 aliphatic rings. The predicted molar refractivity (Wildman–Crippen MR) is 138 cm³/mol. The molecule has 0 rings (SSSR count). The second-order valence-electron chi connectivity index (χ2n) is 5.60. The molecule has 9 N–H and O–H groups in total. The molecule has 0 aliphatic carbocycles. The van der Waals surface area contributed by atoms with Crippen LogP contribution in [0.15, 0.2) is 0 Å². The van der Waals surface area contributed by atoms with Gasteiger partial charge in [-0.3, -0.25) is 0 Å². The third kappa shape index (κ3) is 420. The molecule has 9 nitrogen and oxygen atoms in total. The van der Waals surface area contributed by atoms with E-state index in [-0.39, 0.29) is 0 Å². The van der Waals surface area contributed by atoms with Gasteiger partial charge < -0.3 is 44.0 Å². The summed E-state index contributed by atoms with van der Waals surface area (Å²) in [5.74, 6) is 0. The monoisotopic (exact) mass is 558 g/mol. The first-order valence-electron chi connectivity index (χ1n) is 9.59. The molecule has 0 saturated carbocycles. The lowest BCUT2D eigenvalue weighted by Gasteiger charge is -1.88. The molecule has 15 heteroatoms. The average molecular weight is 559 g/mol.